The molecule has 54 valence electrons. The predicted octanol–water partition coefficient (Wildman–Crippen LogP) is 3.29. The van der Waals surface area contributed by atoms with Crippen LogP contribution in [0.15, 0.2) is 12.2 Å². The van der Waals surface area contributed by atoms with E-state index in [0.29, 0.717) is 0 Å². The minimum absolute atomic E-state index is 0.746. The highest BCUT2D eigenvalue weighted by Gasteiger charge is 2.09. The van der Waals surface area contributed by atoms with Gasteiger partial charge in [-0.15, -0.1) is 0 Å². The van der Waals surface area contributed by atoms with Gasteiger partial charge in [0, 0.05) is 8.07 Å². The molecule has 0 nitrogen and oxygen atoms in total. The van der Waals surface area contributed by atoms with Gasteiger partial charge in [-0.3, -0.25) is 0 Å². The van der Waals surface area contributed by atoms with Crippen molar-refractivity contribution in [1.29, 1.82) is 0 Å². The molecule has 0 fully saturated rings. The lowest BCUT2D eigenvalue weighted by Crippen LogP contribution is -2.18. The lowest BCUT2D eigenvalue weighted by Gasteiger charge is -2.12. The molecule has 0 amide bonds. The summed E-state index contributed by atoms with van der Waals surface area (Å²) in [5.74, 6) is 0. The average molecular weight is 142 g/mol. The third-order valence-corrected chi connectivity index (χ3v) is 3.09. The van der Waals surface area contributed by atoms with Crippen LogP contribution in [0.2, 0.25) is 25.7 Å². The molecule has 0 N–H and O–H groups in total. The van der Waals surface area contributed by atoms with Crippen molar-refractivity contribution >= 4 is 8.07 Å². The molecule has 0 spiro atoms. The van der Waals surface area contributed by atoms with Crippen LogP contribution in [-0.2, 0) is 0 Å². The van der Waals surface area contributed by atoms with E-state index >= 15 is 0 Å². The molecular formula is C8H18Si. The van der Waals surface area contributed by atoms with E-state index < -0.39 is 8.07 Å². The molecule has 0 atom stereocenters. The van der Waals surface area contributed by atoms with Crippen molar-refractivity contribution in [2.75, 3.05) is 0 Å². The van der Waals surface area contributed by atoms with Crippen molar-refractivity contribution in [2.24, 2.45) is 0 Å². The molecule has 0 saturated heterocycles. The minimum Gasteiger partial charge on any atom is -0.0917 e. The molecule has 0 aromatic carbocycles. The fourth-order valence-electron chi connectivity index (χ4n) is 0.683. The summed E-state index contributed by atoms with van der Waals surface area (Å²) in [5.41, 5.74) is 0. The van der Waals surface area contributed by atoms with Gasteiger partial charge in [-0.05, 0) is 13.3 Å². The van der Waals surface area contributed by atoms with Crippen LogP contribution < -0.4 is 0 Å². The number of allylic oxidation sites excluding steroid dienone is 2. The average Bonchev–Trinajstić information content (AvgIpc) is 1.63. The Kier molecular flexibility index (Phi) is 3.87. The highest BCUT2D eigenvalue weighted by atomic mass is 28.3. The maximum Gasteiger partial charge on any atom is 0.0445 e. The summed E-state index contributed by atoms with van der Waals surface area (Å²) in [6, 6.07) is 1.43. The largest absolute Gasteiger partial charge is 0.0917 e. The Bertz CT molecular complexity index is 87.2. The standard InChI is InChI=1S/C8H18Si/c1-5-6-7-8-9(2,3)4/h5-6H,7-8H2,1-4H3/b6-5+. The smallest absolute Gasteiger partial charge is 0.0445 e. The van der Waals surface area contributed by atoms with E-state index in [1.807, 2.05) is 0 Å². The van der Waals surface area contributed by atoms with Crippen LogP contribution in [0.4, 0.5) is 0 Å². The topological polar surface area (TPSA) is 0 Å². The lowest BCUT2D eigenvalue weighted by atomic mass is 10.4. The third-order valence-electron chi connectivity index (χ3n) is 1.30. The SMILES string of the molecule is C/C=C/CC[Si](C)(C)C. The van der Waals surface area contributed by atoms with E-state index in [1.54, 1.807) is 0 Å². The molecule has 0 aliphatic carbocycles. The minimum atomic E-state index is -0.746. The van der Waals surface area contributed by atoms with Crippen LogP contribution >= 0.6 is 0 Å². The first-order chi connectivity index (χ1) is 4.06. The van der Waals surface area contributed by atoms with E-state index in [4.69, 9.17) is 0 Å². The van der Waals surface area contributed by atoms with Crippen LogP contribution in [0.3, 0.4) is 0 Å². The first kappa shape index (κ1) is 8.96. The third kappa shape index (κ3) is 7.96. The summed E-state index contributed by atoms with van der Waals surface area (Å²) in [4.78, 5) is 0. The zero-order valence-electron chi connectivity index (χ0n) is 7.07. The van der Waals surface area contributed by atoms with Crippen molar-refractivity contribution in [3.8, 4) is 0 Å². The van der Waals surface area contributed by atoms with Gasteiger partial charge in [0.1, 0.15) is 0 Å². The summed E-state index contributed by atoms with van der Waals surface area (Å²) in [5, 5.41) is 0. The van der Waals surface area contributed by atoms with Gasteiger partial charge in [0.2, 0.25) is 0 Å². The Morgan fingerprint density at radius 2 is 1.78 bits per heavy atom. The summed E-state index contributed by atoms with van der Waals surface area (Å²) in [6.07, 6.45) is 5.69. The second-order valence-corrected chi connectivity index (χ2v) is 9.29. The Labute approximate surface area is 60.0 Å². The van der Waals surface area contributed by atoms with Gasteiger partial charge in [0.25, 0.3) is 0 Å². The number of rotatable bonds is 3. The maximum absolute atomic E-state index is 2.41. The summed E-state index contributed by atoms with van der Waals surface area (Å²) >= 11 is 0. The predicted molar refractivity (Wildman–Crippen MR) is 47.6 cm³/mol. The quantitative estimate of drug-likeness (QED) is 0.419. The fourth-order valence-corrected chi connectivity index (χ4v) is 1.72. The van der Waals surface area contributed by atoms with E-state index in [-0.39, 0.29) is 0 Å². The van der Waals surface area contributed by atoms with Gasteiger partial charge in [-0.1, -0.05) is 37.8 Å². The van der Waals surface area contributed by atoms with E-state index in [2.05, 4.69) is 38.7 Å². The Morgan fingerprint density at radius 3 is 2.11 bits per heavy atom. The van der Waals surface area contributed by atoms with Crippen LogP contribution in [0, 0.1) is 0 Å². The summed E-state index contributed by atoms with van der Waals surface area (Å²) in [7, 11) is -0.746. The van der Waals surface area contributed by atoms with Crippen molar-refractivity contribution in [3.63, 3.8) is 0 Å². The molecule has 0 saturated carbocycles. The molecule has 0 aliphatic heterocycles. The molecule has 9 heavy (non-hydrogen) atoms. The van der Waals surface area contributed by atoms with E-state index in [9.17, 15) is 0 Å². The van der Waals surface area contributed by atoms with Crippen molar-refractivity contribution in [3.05, 3.63) is 12.2 Å². The monoisotopic (exact) mass is 142 g/mol. The zero-order valence-corrected chi connectivity index (χ0v) is 8.07. The second-order valence-electron chi connectivity index (χ2n) is 3.67. The molecule has 0 heterocycles. The molecule has 0 aromatic rings. The normalized spacial score (nSPS) is 12.9. The highest BCUT2D eigenvalue weighted by Crippen LogP contribution is 2.10. The molecule has 1 heteroatoms. The van der Waals surface area contributed by atoms with Crippen molar-refractivity contribution < 1.29 is 0 Å². The molecule has 0 radical (unpaired) electrons. The van der Waals surface area contributed by atoms with Gasteiger partial charge >= 0.3 is 0 Å². The van der Waals surface area contributed by atoms with E-state index in [1.165, 1.54) is 12.5 Å². The highest BCUT2D eigenvalue weighted by molar-refractivity contribution is 6.76. The van der Waals surface area contributed by atoms with Crippen LogP contribution in [0.5, 0.6) is 0 Å². The number of hydrogen-bond donors (Lipinski definition) is 0. The summed E-state index contributed by atoms with van der Waals surface area (Å²) in [6.45, 7) is 9.33. The molecule has 0 rings (SSSR count). The Morgan fingerprint density at radius 1 is 1.22 bits per heavy atom. The molecular weight excluding hydrogens is 124 g/mol. The maximum atomic E-state index is 2.41. The molecule has 0 aliphatic rings. The van der Waals surface area contributed by atoms with Crippen LogP contribution in [0.25, 0.3) is 0 Å². The van der Waals surface area contributed by atoms with Gasteiger partial charge in [-0.25, -0.2) is 0 Å². The second kappa shape index (κ2) is 3.88. The summed E-state index contributed by atoms with van der Waals surface area (Å²) < 4.78 is 0. The Balaban J connectivity index is 3.28. The first-order valence-electron chi connectivity index (χ1n) is 3.67. The zero-order chi connectivity index (χ0) is 7.33. The molecule has 0 aromatic heterocycles. The first-order valence-corrected chi connectivity index (χ1v) is 7.38. The van der Waals surface area contributed by atoms with Gasteiger partial charge in [0.15, 0.2) is 0 Å². The van der Waals surface area contributed by atoms with Crippen LogP contribution in [-0.4, -0.2) is 8.07 Å². The Hall–Kier alpha value is -0.0431. The lowest BCUT2D eigenvalue weighted by molar-refractivity contribution is 1.16. The van der Waals surface area contributed by atoms with Crippen molar-refractivity contribution in [1.82, 2.24) is 0 Å². The van der Waals surface area contributed by atoms with Gasteiger partial charge in [-0.2, -0.15) is 0 Å². The van der Waals surface area contributed by atoms with Gasteiger partial charge in [0.05, 0.1) is 0 Å². The van der Waals surface area contributed by atoms with E-state index in [0.717, 1.165) is 0 Å². The van der Waals surface area contributed by atoms with Crippen molar-refractivity contribution in [2.45, 2.75) is 39.0 Å². The molecule has 0 unspecified atom stereocenters. The number of hydrogen-bond acceptors (Lipinski definition) is 0. The molecule has 0 bridgehead atoms. The fraction of sp³-hybridized carbons (Fsp3) is 0.750. The van der Waals surface area contributed by atoms with Crippen LogP contribution in [0.1, 0.15) is 13.3 Å². The van der Waals surface area contributed by atoms with Gasteiger partial charge < -0.3 is 0 Å².